The molecule has 1 N–H and O–H groups in total. The fourth-order valence-corrected chi connectivity index (χ4v) is 2.63. The van der Waals surface area contributed by atoms with Crippen LogP contribution < -0.4 is 5.32 Å². The van der Waals surface area contributed by atoms with Crippen molar-refractivity contribution in [2.24, 2.45) is 0 Å². The van der Waals surface area contributed by atoms with Gasteiger partial charge in [0.2, 0.25) is 0 Å². The van der Waals surface area contributed by atoms with Gasteiger partial charge in [0.15, 0.2) is 0 Å². The van der Waals surface area contributed by atoms with Gasteiger partial charge in [0.05, 0.1) is 0 Å². The van der Waals surface area contributed by atoms with Gasteiger partial charge in [0, 0.05) is 21.0 Å². The van der Waals surface area contributed by atoms with E-state index >= 15 is 0 Å². The summed E-state index contributed by atoms with van der Waals surface area (Å²) in [5.74, 6) is 0.415. The maximum atomic E-state index is 12.4. The van der Waals surface area contributed by atoms with Crippen LogP contribution in [0.4, 0.5) is 5.69 Å². The Bertz CT molecular complexity index is 817. The number of hydrogen-bond donors (Lipinski definition) is 1. The van der Waals surface area contributed by atoms with Gasteiger partial charge >= 0.3 is 0 Å². The molecule has 1 aromatic carbocycles. The Morgan fingerprint density at radius 3 is 2.68 bits per heavy atom. The predicted octanol–water partition coefficient (Wildman–Crippen LogP) is 2.83. The average Bonchev–Trinajstić information content (AvgIpc) is 3.04. The van der Waals surface area contributed by atoms with Crippen molar-refractivity contribution in [3.05, 3.63) is 63.9 Å². The summed E-state index contributed by atoms with van der Waals surface area (Å²) in [6, 6.07) is 9.24. The molecule has 0 fully saturated rings. The number of amides is 1. The molecular formula is C15H12IN5O. The highest BCUT2D eigenvalue weighted by molar-refractivity contribution is 14.1. The van der Waals surface area contributed by atoms with E-state index in [1.165, 1.54) is 12.7 Å². The predicted molar refractivity (Wildman–Crippen MR) is 91.0 cm³/mol. The van der Waals surface area contributed by atoms with Crippen LogP contribution >= 0.6 is 22.6 Å². The first-order valence-corrected chi connectivity index (χ1v) is 7.60. The van der Waals surface area contributed by atoms with Crippen LogP contribution in [0, 0.1) is 10.5 Å². The molecule has 0 unspecified atom stereocenters. The van der Waals surface area contributed by atoms with E-state index in [2.05, 4.69) is 43.1 Å². The molecule has 3 rings (SSSR count). The topological polar surface area (TPSA) is 72.7 Å². The van der Waals surface area contributed by atoms with Crippen molar-refractivity contribution in [3.8, 4) is 5.82 Å². The zero-order valence-corrected chi connectivity index (χ0v) is 13.9. The third-order valence-electron chi connectivity index (χ3n) is 3.13. The molecule has 22 heavy (non-hydrogen) atoms. The summed E-state index contributed by atoms with van der Waals surface area (Å²) in [6.07, 6.45) is 4.66. The highest BCUT2D eigenvalue weighted by Gasteiger charge is 2.10. The number of carbonyl (C=O) groups excluding carboxylic acids is 1. The second kappa shape index (κ2) is 6.22. The number of benzene rings is 1. The number of carbonyl (C=O) groups is 1. The molecule has 0 radical (unpaired) electrons. The van der Waals surface area contributed by atoms with E-state index in [4.69, 9.17) is 0 Å². The molecule has 0 saturated heterocycles. The maximum absolute atomic E-state index is 12.4. The van der Waals surface area contributed by atoms with Gasteiger partial charge in [-0.25, -0.2) is 4.98 Å². The lowest BCUT2D eigenvalue weighted by Crippen LogP contribution is -2.13. The summed E-state index contributed by atoms with van der Waals surface area (Å²) in [7, 11) is 0. The second-order valence-corrected chi connectivity index (χ2v) is 5.93. The lowest BCUT2D eigenvalue weighted by molar-refractivity contribution is 0.102. The molecular weight excluding hydrogens is 393 g/mol. The Kier molecular flexibility index (Phi) is 4.14. The lowest BCUT2D eigenvalue weighted by atomic mass is 10.2. The van der Waals surface area contributed by atoms with Crippen molar-refractivity contribution < 1.29 is 4.79 Å². The first-order chi connectivity index (χ1) is 10.6. The second-order valence-electron chi connectivity index (χ2n) is 4.69. The standard InChI is InChI=1S/C15H12IN5O/c1-10-6-12(16)2-3-13(10)20-15(22)11-4-5-17-14(7-11)21-8-18-19-9-21/h2-9H,1H3,(H,20,22). The Balaban J connectivity index is 1.85. The number of pyridine rings is 1. The van der Waals surface area contributed by atoms with Crippen LogP contribution in [0.5, 0.6) is 0 Å². The molecule has 0 aliphatic heterocycles. The Morgan fingerprint density at radius 2 is 1.95 bits per heavy atom. The Morgan fingerprint density at radius 1 is 1.18 bits per heavy atom. The summed E-state index contributed by atoms with van der Waals surface area (Å²) >= 11 is 2.24. The first kappa shape index (κ1) is 14.6. The molecule has 110 valence electrons. The van der Waals surface area contributed by atoms with E-state index in [0.29, 0.717) is 11.4 Å². The summed E-state index contributed by atoms with van der Waals surface area (Å²) in [5, 5.41) is 10.4. The Hall–Kier alpha value is -2.29. The number of halogens is 1. The highest BCUT2D eigenvalue weighted by atomic mass is 127. The lowest BCUT2D eigenvalue weighted by Gasteiger charge is -2.09. The zero-order chi connectivity index (χ0) is 15.5. The van der Waals surface area contributed by atoms with Crippen molar-refractivity contribution in [1.82, 2.24) is 19.7 Å². The van der Waals surface area contributed by atoms with Crippen molar-refractivity contribution in [2.75, 3.05) is 5.32 Å². The van der Waals surface area contributed by atoms with Gasteiger partial charge in [-0.1, -0.05) is 0 Å². The number of aryl methyl sites for hydroxylation is 1. The van der Waals surface area contributed by atoms with Gasteiger partial charge in [-0.15, -0.1) is 10.2 Å². The van der Waals surface area contributed by atoms with Crippen molar-refractivity contribution in [3.63, 3.8) is 0 Å². The number of hydrogen-bond acceptors (Lipinski definition) is 4. The van der Waals surface area contributed by atoms with Gasteiger partial charge in [0.1, 0.15) is 18.5 Å². The largest absolute Gasteiger partial charge is 0.322 e. The van der Waals surface area contributed by atoms with Gasteiger partial charge in [-0.05, 0) is 65.4 Å². The SMILES string of the molecule is Cc1cc(I)ccc1NC(=O)c1ccnc(-n2cnnc2)c1. The number of rotatable bonds is 3. The van der Waals surface area contributed by atoms with Gasteiger partial charge in [-0.3, -0.25) is 9.36 Å². The number of anilines is 1. The molecule has 1 amide bonds. The van der Waals surface area contributed by atoms with Crippen LogP contribution in [0.3, 0.4) is 0 Å². The maximum Gasteiger partial charge on any atom is 0.255 e. The molecule has 2 aromatic heterocycles. The van der Waals surface area contributed by atoms with Crippen LogP contribution in [-0.4, -0.2) is 25.7 Å². The van der Waals surface area contributed by atoms with Gasteiger partial charge in [-0.2, -0.15) is 0 Å². The molecule has 2 heterocycles. The average molecular weight is 405 g/mol. The Labute approximate surface area is 140 Å². The van der Waals surface area contributed by atoms with Crippen molar-refractivity contribution in [2.45, 2.75) is 6.92 Å². The summed E-state index contributed by atoms with van der Waals surface area (Å²) in [4.78, 5) is 16.6. The summed E-state index contributed by atoms with van der Waals surface area (Å²) in [5.41, 5.74) is 2.35. The molecule has 3 aromatic rings. The van der Waals surface area contributed by atoms with E-state index in [0.717, 1.165) is 14.8 Å². The monoisotopic (exact) mass is 405 g/mol. The quantitative estimate of drug-likeness (QED) is 0.681. The molecule has 0 spiro atoms. The van der Waals surface area contributed by atoms with Crippen LogP contribution in [0.2, 0.25) is 0 Å². The third-order valence-corrected chi connectivity index (χ3v) is 3.80. The van der Waals surface area contributed by atoms with E-state index in [9.17, 15) is 4.79 Å². The van der Waals surface area contributed by atoms with E-state index in [1.54, 1.807) is 22.9 Å². The van der Waals surface area contributed by atoms with Gasteiger partial charge < -0.3 is 5.32 Å². The molecule has 0 aliphatic carbocycles. The van der Waals surface area contributed by atoms with Crippen LogP contribution in [-0.2, 0) is 0 Å². The third kappa shape index (κ3) is 3.14. The molecule has 0 bridgehead atoms. The normalized spacial score (nSPS) is 10.5. The van der Waals surface area contributed by atoms with Gasteiger partial charge in [0.25, 0.3) is 5.91 Å². The molecule has 0 atom stereocenters. The van der Waals surface area contributed by atoms with Crippen molar-refractivity contribution in [1.29, 1.82) is 0 Å². The minimum Gasteiger partial charge on any atom is -0.322 e. The van der Waals surface area contributed by atoms with E-state index in [-0.39, 0.29) is 5.91 Å². The summed E-state index contributed by atoms with van der Waals surface area (Å²) in [6.45, 7) is 1.97. The summed E-state index contributed by atoms with van der Waals surface area (Å²) < 4.78 is 2.78. The molecule has 6 nitrogen and oxygen atoms in total. The van der Waals surface area contributed by atoms with Crippen LogP contribution in [0.1, 0.15) is 15.9 Å². The number of aromatic nitrogens is 4. The minimum absolute atomic E-state index is 0.180. The van der Waals surface area contributed by atoms with E-state index in [1.807, 2.05) is 25.1 Å². The smallest absolute Gasteiger partial charge is 0.255 e. The van der Waals surface area contributed by atoms with Crippen molar-refractivity contribution >= 4 is 34.2 Å². The molecule has 7 heteroatoms. The van der Waals surface area contributed by atoms with Crippen LogP contribution in [0.15, 0.2) is 49.2 Å². The number of nitrogens with zero attached hydrogens (tertiary/aromatic N) is 4. The van der Waals surface area contributed by atoms with Crippen LogP contribution in [0.25, 0.3) is 5.82 Å². The van der Waals surface area contributed by atoms with E-state index < -0.39 is 0 Å². The molecule has 0 saturated carbocycles. The molecule has 0 aliphatic rings. The first-order valence-electron chi connectivity index (χ1n) is 6.52. The minimum atomic E-state index is -0.180. The highest BCUT2D eigenvalue weighted by Crippen LogP contribution is 2.19. The number of nitrogens with one attached hydrogen (secondary N) is 1. The fourth-order valence-electron chi connectivity index (χ4n) is 1.98. The fraction of sp³-hybridized carbons (Fsp3) is 0.0667. The zero-order valence-electron chi connectivity index (χ0n) is 11.7.